The van der Waals surface area contributed by atoms with Crippen molar-refractivity contribution in [3.63, 3.8) is 0 Å². The first-order chi connectivity index (χ1) is 19.9. The van der Waals surface area contributed by atoms with E-state index in [2.05, 4.69) is 15.4 Å². The number of furan rings is 1. The van der Waals surface area contributed by atoms with Gasteiger partial charge in [-0.05, 0) is 66.2 Å². The van der Waals surface area contributed by atoms with Gasteiger partial charge < -0.3 is 14.5 Å². The Balaban J connectivity index is 1.26. The first kappa shape index (κ1) is 26.0. The molecule has 0 unspecified atom stereocenters. The van der Waals surface area contributed by atoms with Crippen LogP contribution in [0.2, 0.25) is 5.02 Å². The SMILES string of the molecule is O=C(COc1ccc(C=Nn2c(-c3cc4ccccc4o3)nc3ccccc3c2=O)cc1Cl)Nc1cccc(F)c1. The maximum atomic E-state index is 13.4. The van der Waals surface area contributed by atoms with Crippen LogP contribution in [0, 0.1) is 5.82 Å². The van der Waals surface area contributed by atoms with E-state index in [0.29, 0.717) is 33.5 Å². The number of aromatic nitrogens is 2. The molecule has 10 heteroatoms. The summed E-state index contributed by atoms with van der Waals surface area (Å²) >= 11 is 6.39. The molecule has 0 aliphatic carbocycles. The molecule has 4 aromatic carbocycles. The van der Waals surface area contributed by atoms with Gasteiger partial charge in [0, 0.05) is 11.1 Å². The summed E-state index contributed by atoms with van der Waals surface area (Å²) in [7, 11) is 0. The Hall–Kier alpha value is -5.28. The molecule has 41 heavy (non-hydrogen) atoms. The van der Waals surface area contributed by atoms with Crippen LogP contribution in [-0.4, -0.2) is 28.4 Å². The number of para-hydroxylation sites is 2. The van der Waals surface area contributed by atoms with Crippen LogP contribution in [-0.2, 0) is 4.79 Å². The van der Waals surface area contributed by atoms with Crippen LogP contribution >= 0.6 is 11.6 Å². The summed E-state index contributed by atoms with van der Waals surface area (Å²) in [5, 5.41) is 8.49. The number of ether oxygens (including phenoxy) is 1. The fourth-order valence-corrected chi connectivity index (χ4v) is 4.47. The first-order valence-corrected chi connectivity index (χ1v) is 12.9. The zero-order valence-electron chi connectivity index (χ0n) is 21.3. The molecule has 0 saturated heterocycles. The Morgan fingerprint density at radius 2 is 1.85 bits per heavy atom. The van der Waals surface area contributed by atoms with E-state index in [0.717, 1.165) is 5.39 Å². The van der Waals surface area contributed by atoms with E-state index in [4.69, 9.17) is 20.8 Å². The number of nitrogens with zero attached hydrogens (tertiary/aromatic N) is 3. The topological polar surface area (TPSA) is 98.7 Å². The molecule has 6 aromatic rings. The summed E-state index contributed by atoms with van der Waals surface area (Å²) in [5.74, 6) is -0.0271. The normalized spacial score (nSPS) is 11.4. The van der Waals surface area contributed by atoms with Gasteiger partial charge in [-0.2, -0.15) is 9.78 Å². The minimum atomic E-state index is -0.474. The van der Waals surface area contributed by atoms with Crippen molar-refractivity contribution in [1.82, 2.24) is 9.66 Å². The number of hydrogen-bond donors (Lipinski definition) is 1. The Bertz CT molecular complexity index is 1980. The second-order valence-electron chi connectivity index (χ2n) is 9.00. The molecule has 0 aliphatic heterocycles. The molecule has 0 atom stereocenters. The molecule has 0 bridgehead atoms. The summed E-state index contributed by atoms with van der Waals surface area (Å²) < 4.78 is 26.0. The maximum absolute atomic E-state index is 13.4. The second-order valence-corrected chi connectivity index (χ2v) is 9.41. The average Bonchev–Trinajstić information content (AvgIpc) is 3.40. The minimum absolute atomic E-state index is 0.231. The molecule has 0 radical (unpaired) electrons. The van der Waals surface area contributed by atoms with Crippen molar-refractivity contribution < 1.29 is 18.3 Å². The van der Waals surface area contributed by atoms with Gasteiger partial charge in [-0.15, -0.1) is 0 Å². The number of rotatable bonds is 7. The lowest BCUT2D eigenvalue weighted by molar-refractivity contribution is -0.118. The minimum Gasteiger partial charge on any atom is -0.482 e. The van der Waals surface area contributed by atoms with Gasteiger partial charge in [0.25, 0.3) is 11.5 Å². The highest BCUT2D eigenvalue weighted by Crippen LogP contribution is 2.28. The molecular formula is C31H20ClFN4O4. The number of carbonyl (C=O) groups is 1. The molecular weight excluding hydrogens is 547 g/mol. The smallest absolute Gasteiger partial charge is 0.282 e. The standard InChI is InChI=1S/C31H20ClFN4O4/c32-24-14-19(12-13-27(24)40-18-29(38)35-22-8-5-7-21(33)16-22)17-34-37-30(28-15-20-6-1-4-11-26(20)41-28)36-25-10-3-2-9-23(25)31(37)39/h1-17H,18H2,(H,35,38). The summed E-state index contributed by atoms with van der Waals surface area (Å²) in [5.41, 5.74) is 1.70. The molecule has 0 aliphatic rings. The molecule has 0 saturated carbocycles. The largest absolute Gasteiger partial charge is 0.482 e. The van der Waals surface area contributed by atoms with E-state index in [1.54, 1.807) is 42.5 Å². The summed E-state index contributed by atoms with van der Waals surface area (Å²) in [6.45, 7) is -0.331. The Morgan fingerprint density at radius 3 is 2.68 bits per heavy atom. The maximum Gasteiger partial charge on any atom is 0.282 e. The predicted molar refractivity (Wildman–Crippen MR) is 156 cm³/mol. The van der Waals surface area contributed by atoms with Crippen LogP contribution in [0.3, 0.4) is 0 Å². The van der Waals surface area contributed by atoms with Crippen LogP contribution < -0.4 is 15.6 Å². The van der Waals surface area contributed by atoms with Gasteiger partial charge in [0.1, 0.15) is 17.1 Å². The molecule has 1 amide bonds. The quantitative estimate of drug-likeness (QED) is 0.222. The predicted octanol–water partition coefficient (Wildman–Crippen LogP) is 6.50. The first-order valence-electron chi connectivity index (χ1n) is 12.5. The van der Waals surface area contributed by atoms with Gasteiger partial charge in [-0.3, -0.25) is 9.59 Å². The fourth-order valence-electron chi connectivity index (χ4n) is 4.23. The van der Waals surface area contributed by atoms with Crippen molar-refractivity contribution >= 4 is 51.3 Å². The Labute approximate surface area is 237 Å². The number of benzene rings is 4. The van der Waals surface area contributed by atoms with Gasteiger partial charge in [0.2, 0.25) is 5.82 Å². The van der Waals surface area contributed by atoms with E-state index in [-0.39, 0.29) is 28.8 Å². The third kappa shape index (κ3) is 5.57. The van der Waals surface area contributed by atoms with E-state index in [1.807, 2.05) is 36.4 Å². The van der Waals surface area contributed by atoms with Crippen molar-refractivity contribution in [2.45, 2.75) is 0 Å². The van der Waals surface area contributed by atoms with Crippen molar-refractivity contribution in [2.75, 3.05) is 11.9 Å². The zero-order chi connectivity index (χ0) is 28.3. The van der Waals surface area contributed by atoms with E-state index >= 15 is 0 Å². The highest BCUT2D eigenvalue weighted by Gasteiger charge is 2.16. The molecule has 0 spiro atoms. The molecule has 1 N–H and O–H groups in total. The van der Waals surface area contributed by atoms with Crippen molar-refractivity contribution in [1.29, 1.82) is 0 Å². The lowest BCUT2D eigenvalue weighted by Gasteiger charge is -2.10. The summed E-state index contributed by atoms with van der Waals surface area (Å²) in [4.78, 5) is 30.3. The van der Waals surface area contributed by atoms with Gasteiger partial charge >= 0.3 is 0 Å². The second kappa shape index (κ2) is 11.1. The molecule has 2 aromatic heterocycles. The van der Waals surface area contributed by atoms with Crippen molar-refractivity contribution in [3.8, 4) is 17.3 Å². The number of anilines is 1. The zero-order valence-corrected chi connectivity index (χ0v) is 22.0. The van der Waals surface area contributed by atoms with E-state index < -0.39 is 11.7 Å². The number of amides is 1. The molecule has 202 valence electrons. The monoisotopic (exact) mass is 566 g/mol. The van der Waals surface area contributed by atoms with Crippen LogP contribution in [0.15, 0.2) is 111 Å². The number of carbonyl (C=O) groups excluding carboxylic acids is 1. The average molecular weight is 567 g/mol. The van der Waals surface area contributed by atoms with Gasteiger partial charge in [-0.25, -0.2) is 9.37 Å². The number of halogens is 2. The summed E-state index contributed by atoms with van der Waals surface area (Å²) in [6.07, 6.45) is 1.47. The van der Waals surface area contributed by atoms with Gasteiger partial charge in [-0.1, -0.05) is 48.0 Å². The highest BCUT2D eigenvalue weighted by molar-refractivity contribution is 6.32. The molecule has 0 fully saturated rings. The van der Waals surface area contributed by atoms with Crippen LogP contribution in [0.25, 0.3) is 33.5 Å². The van der Waals surface area contributed by atoms with Gasteiger partial charge in [0.15, 0.2) is 12.4 Å². The van der Waals surface area contributed by atoms with Crippen molar-refractivity contribution in [3.05, 3.63) is 124 Å². The fraction of sp³-hybridized carbons (Fsp3) is 0.0323. The van der Waals surface area contributed by atoms with Crippen LogP contribution in [0.1, 0.15) is 5.56 Å². The lowest BCUT2D eigenvalue weighted by Crippen LogP contribution is -2.20. The number of hydrogen-bond acceptors (Lipinski definition) is 6. The van der Waals surface area contributed by atoms with Crippen LogP contribution in [0.4, 0.5) is 10.1 Å². The summed E-state index contributed by atoms with van der Waals surface area (Å²) in [6, 6.07) is 26.7. The highest BCUT2D eigenvalue weighted by atomic mass is 35.5. The third-order valence-electron chi connectivity index (χ3n) is 6.15. The lowest BCUT2D eigenvalue weighted by atomic mass is 10.2. The third-order valence-corrected chi connectivity index (χ3v) is 6.44. The molecule has 8 nitrogen and oxygen atoms in total. The molecule has 2 heterocycles. The Kier molecular flexibility index (Phi) is 7.01. The Morgan fingerprint density at radius 1 is 1.02 bits per heavy atom. The number of nitrogens with one attached hydrogen (secondary N) is 1. The van der Waals surface area contributed by atoms with E-state index in [1.165, 1.54) is 29.1 Å². The van der Waals surface area contributed by atoms with Crippen LogP contribution in [0.5, 0.6) is 5.75 Å². The molecule has 6 rings (SSSR count). The van der Waals surface area contributed by atoms with Gasteiger partial charge in [0.05, 0.1) is 22.1 Å². The number of fused-ring (bicyclic) bond motifs is 2. The van der Waals surface area contributed by atoms with Crippen molar-refractivity contribution in [2.24, 2.45) is 5.10 Å². The van der Waals surface area contributed by atoms with E-state index in [9.17, 15) is 14.0 Å².